The SMILES string of the molecule is CC(C)N1CCc2nc(CNc3cnn(-c4ccccc4F)c3)sc2C1. The zero-order chi connectivity index (χ0) is 18.1. The average Bonchev–Trinajstić information content (AvgIpc) is 3.26. The molecule has 5 nitrogen and oxygen atoms in total. The van der Waals surface area contributed by atoms with Gasteiger partial charge in [-0.1, -0.05) is 12.1 Å². The molecule has 1 aromatic carbocycles. The highest BCUT2D eigenvalue weighted by Crippen LogP contribution is 2.26. The Labute approximate surface area is 156 Å². The maximum Gasteiger partial charge on any atom is 0.148 e. The van der Waals surface area contributed by atoms with Crippen LogP contribution in [-0.2, 0) is 19.5 Å². The van der Waals surface area contributed by atoms with E-state index >= 15 is 0 Å². The van der Waals surface area contributed by atoms with Gasteiger partial charge in [0.1, 0.15) is 16.5 Å². The molecule has 2 aromatic heterocycles. The third kappa shape index (κ3) is 3.50. The number of benzene rings is 1. The molecule has 0 radical (unpaired) electrons. The van der Waals surface area contributed by atoms with Gasteiger partial charge in [0.2, 0.25) is 0 Å². The van der Waals surface area contributed by atoms with Crippen molar-refractivity contribution in [2.45, 2.75) is 39.4 Å². The monoisotopic (exact) mass is 371 g/mol. The van der Waals surface area contributed by atoms with Crippen LogP contribution >= 0.6 is 11.3 Å². The Bertz CT molecular complexity index is 901. The first-order valence-electron chi connectivity index (χ1n) is 8.85. The first-order valence-corrected chi connectivity index (χ1v) is 9.67. The second-order valence-electron chi connectivity index (χ2n) is 6.77. The lowest BCUT2D eigenvalue weighted by Crippen LogP contribution is -2.35. The zero-order valence-corrected chi connectivity index (χ0v) is 15.8. The molecular weight excluding hydrogens is 349 g/mol. The van der Waals surface area contributed by atoms with E-state index in [9.17, 15) is 4.39 Å². The van der Waals surface area contributed by atoms with Crippen molar-refractivity contribution in [3.05, 3.63) is 58.1 Å². The topological polar surface area (TPSA) is 46.0 Å². The van der Waals surface area contributed by atoms with E-state index in [0.717, 1.165) is 30.2 Å². The van der Waals surface area contributed by atoms with E-state index in [2.05, 4.69) is 29.2 Å². The average molecular weight is 371 g/mol. The van der Waals surface area contributed by atoms with Crippen LogP contribution in [0.25, 0.3) is 5.69 Å². The van der Waals surface area contributed by atoms with Crippen LogP contribution < -0.4 is 5.32 Å². The lowest BCUT2D eigenvalue weighted by atomic mass is 10.1. The summed E-state index contributed by atoms with van der Waals surface area (Å²) in [5.41, 5.74) is 2.54. The molecule has 136 valence electrons. The van der Waals surface area contributed by atoms with Crippen LogP contribution in [-0.4, -0.2) is 32.3 Å². The Morgan fingerprint density at radius 3 is 2.96 bits per heavy atom. The van der Waals surface area contributed by atoms with E-state index in [-0.39, 0.29) is 5.82 Å². The number of rotatable bonds is 5. The summed E-state index contributed by atoms with van der Waals surface area (Å²) in [5.74, 6) is -0.288. The van der Waals surface area contributed by atoms with Crippen LogP contribution in [0.3, 0.4) is 0 Å². The van der Waals surface area contributed by atoms with Gasteiger partial charge in [-0.15, -0.1) is 11.3 Å². The lowest BCUT2D eigenvalue weighted by molar-refractivity contribution is 0.205. The van der Waals surface area contributed by atoms with Crippen molar-refractivity contribution >= 4 is 17.0 Å². The maximum atomic E-state index is 13.9. The number of thiazole rings is 1. The molecule has 3 heterocycles. The minimum absolute atomic E-state index is 0.288. The van der Waals surface area contributed by atoms with E-state index in [4.69, 9.17) is 4.98 Å². The second-order valence-corrected chi connectivity index (χ2v) is 7.94. The van der Waals surface area contributed by atoms with Gasteiger partial charge >= 0.3 is 0 Å². The molecule has 0 unspecified atom stereocenters. The Morgan fingerprint density at radius 1 is 1.31 bits per heavy atom. The first kappa shape index (κ1) is 17.2. The van der Waals surface area contributed by atoms with E-state index in [0.29, 0.717) is 18.3 Å². The molecule has 0 amide bonds. The smallest absolute Gasteiger partial charge is 0.148 e. The van der Waals surface area contributed by atoms with Gasteiger partial charge in [-0.3, -0.25) is 4.90 Å². The Kier molecular flexibility index (Phi) is 4.74. The lowest BCUT2D eigenvalue weighted by Gasteiger charge is -2.29. The summed E-state index contributed by atoms with van der Waals surface area (Å²) in [6.45, 7) is 7.21. The van der Waals surface area contributed by atoms with Crippen LogP contribution in [0.4, 0.5) is 10.1 Å². The van der Waals surface area contributed by atoms with Gasteiger partial charge < -0.3 is 5.32 Å². The molecule has 26 heavy (non-hydrogen) atoms. The van der Waals surface area contributed by atoms with Crippen molar-refractivity contribution in [1.82, 2.24) is 19.7 Å². The van der Waals surface area contributed by atoms with Crippen molar-refractivity contribution in [3.63, 3.8) is 0 Å². The molecule has 0 saturated heterocycles. The highest BCUT2D eigenvalue weighted by Gasteiger charge is 2.22. The molecule has 0 spiro atoms. The minimum Gasteiger partial charge on any atom is -0.376 e. The molecule has 1 aliphatic heterocycles. The summed E-state index contributed by atoms with van der Waals surface area (Å²) < 4.78 is 15.4. The molecule has 0 fully saturated rings. The molecule has 7 heteroatoms. The predicted octanol–water partition coefficient (Wildman–Crippen LogP) is 3.85. The highest BCUT2D eigenvalue weighted by atomic mass is 32.1. The summed E-state index contributed by atoms with van der Waals surface area (Å²) in [6.07, 6.45) is 4.53. The van der Waals surface area contributed by atoms with Gasteiger partial charge in [-0.2, -0.15) is 5.10 Å². The summed E-state index contributed by atoms with van der Waals surface area (Å²) in [7, 11) is 0. The fraction of sp³-hybridized carbons (Fsp3) is 0.368. The quantitative estimate of drug-likeness (QED) is 0.740. The van der Waals surface area contributed by atoms with Crippen LogP contribution in [0.5, 0.6) is 0 Å². The summed E-state index contributed by atoms with van der Waals surface area (Å²) in [4.78, 5) is 8.64. The van der Waals surface area contributed by atoms with Gasteiger partial charge in [0.25, 0.3) is 0 Å². The predicted molar refractivity (Wildman–Crippen MR) is 102 cm³/mol. The number of hydrogen-bond donors (Lipinski definition) is 1. The molecule has 0 atom stereocenters. The van der Waals surface area contributed by atoms with Crippen LogP contribution in [0.2, 0.25) is 0 Å². The Morgan fingerprint density at radius 2 is 2.15 bits per heavy atom. The maximum absolute atomic E-state index is 13.9. The Hall–Kier alpha value is -2.25. The number of nitrogens with one attached hydrogen (secondary N) is 1. The molecule has 1 N–H and O–H groups in total. The number of nitrogens with zero attached hydrogens (tertiary/aromatic N) is 4. The molecule has 0 aliphatic carbocycles. The van der Waals surface area contributed by atoms with Gasteiger partial charge in [-0.25, -0.2) is 14.1 Å². The largest absolute Gasteiger partial charge is 0.376 e. The van der Waals surface area contributed by atoms with Gasteiger partial charge in [0.15, 0.2) is 0 Å². The number of para-hydroxylation sites is 1. The van der Waals surface area contributed by atoms with Crippen LogP contribution in [0.15, 0.2) is 36.7 Å². The first-order chi connectivity index (χ1) is 12.6. The number of fused-ring (bicyclic) bond motifs is 1. The normalized spacial score (nSPS) is 14.6. The standard InChI is InChI=1S/C19H22FN5S/c1-13(2)24-8-7-16-18(12-24)26-19(23-16)10-21-14-9-22-25(11-14)17-6-4-3-5-15(17)20/h3-6,9,11,13,21H,7-8,10,12H2,1-2H3. The molecule has 4 rings (SSSR count). The van der Waals surface area contributed by atoms with Crippen molar-refractivity contribution < 1.29 is 4.39 Å². The molecule has 0 bridgehead atoms. The molecule has 3 aromatic rings. The minimum atomic E-state index is -0.288. The van der Waals surface area contributed by atoms with E-state index < -0.39 is 0 Å². The van der Waals surface area contributed by atoms with Crippen LogP contribution in [0, 0.1) is 5.82 Å². The van der Waals surface area contributed by atoms with E-state index in [1.165, 1.54) is 16.6 Å². The van der Waals surface area contributed by atoms with Crippen molar-refractivity contribution in [2.75, 3.05) is 11.9 Å². The number of hydrogen-bond acceptors (Lipinski definition) is 5. The fourth-order valence-electron chi connectivity index (χ4n) is 3.15. The fourth-order valence-corrected chi connectivity index (χ4v) is 4.23. The number of halogens is 1. The Balaban J connectivity index is 1.42. The van der Waals surface area contributed by atoms with E-state index in [1.54, 1.807) is 46.6 Å². The summed E-state index contributed by atoms with van der Waals surface area (Å²) in [6, 6.07) is 7.18. The van der Waals surface area contributed by atoms with Gasteiger partial charge in [0.05, 0.1) is 30.3 Å². The zero-order valence-electron chi connectivity index (χ0n) is 14.9. The third-order valence-corrected chi connectivity index (χ3v) is 5.74. The van der Waals surface area contributed by atoms with Gasteiger partial charge in [-0.05, 0) is 26.0 Å². The summed E-state index contributed by atoms with van der Waals surface area (Å²) in [5, 5.41) is 8.67. The van der Waals surface area contributed by atoms with Gasteiger partial charge in [0, 0.05) is 30.4 Å². The van der Waals surface area contributed by atoms with Crippen LogP contribution in [0.1, 0.15) is 29.4 Å². The highest BCUT2D eigenvalue weighted by molar-refractivity contribution is 7.11. The van der Waals surface area contributed by atoms with E-state index in [1.807, 2.05) is 0 Å². The molecule has 1 aliphatic rings. The number of anilines is 1. The summed E-state index contributed by atoms with van der Waals surface area (Å²) >= 11 is 1.78. The second kappa shape index (κ2) is 7.17. The number of aromatic nitrogens is 3. The third-order valence-electron chi connectivity index (χ3n) is 4.66. The van der Waals surface area contributed by atoms with Crippen molar-refractivity contribution in [2.24, 2.45) is 0 Å². The van der Waals surface area contributed by atoms with Crippen molar-refractivity contribution in [1.29, 1.82) is 0 Å². The molecular formula is C19H22FN5S. The van der Waals surface area contributed by atoms with Crippen molar-refractivity contribution in [3.8, 4) is 5.69 Å². The molecule has 0 saturated carbocycles.